The zero-order valence-corrected chi connectivity index (χ0v) is 9.98. The Labute approximate surface area is 101 Å². The molecule has 0 spiro atoms. The minimum absolute atomic E-state index is 0.0805. The maximum atomic E-state index is 11.7. The molecule has 0 saturated carbocycles. The first kappa shape index (κ1) is 11.3. The summed E-state index contributed by atoms with van der Waals surface area (Å²) in [5.74, 6) is 0. The van der Waals surface area contributed by atoms with Crippen molar-refractivity contribution in [2.75, 3.05) is 6.61 Å². The molecule has 0 radical (unpaired) electrons. The first-order valence-electron chi connectivity index (χ1n) is 4.71. The molecule has 0 unspecified atom stereocenters. The lowest BCUT2D eigenvalue weighted by Gasteiger charge is -2.09. The number of thiophene rings is 1. The Morgan fingerprint density at radius 3 is 3.00 bits per heavy atom. The van der Waals surface area contributed by atoms with Crippen LogP contribution >= 0.6 is 23.6 Å². The number of nitrogens with one attached hydrogen (secondary N) is 1. The summed E-state index contributed by atoms with van der Waals surface area (Å²) in [6, 6.07) is 5.56. The van der Waals surface area contributed by atoms with Crippen LogP contribution in [0, 0.1) is 4.64 Å². The van der Waals surface area contributed by atoms with Gasteiger partial charge in [0.1, 0.15) is 4.64 Å². The molecule has 2 aromatic heterocycles. The quantitative estimate of drug-likeness (QED) is 0.818. The minimum atomic E-state index is -0.287. The largest absolute Gasteiger partial charge is 0.395 e. The minimum Gasteiger partial charge on any atom is -0.395 e. The predicted molar refractivity (Wildman–Crippen MR) is 66.3 cm³/mol. The van der Waals surface area contributed by atoms with Gasteiger partial charge in [0.2, 0.25) is 0 Å². The van der Waals surface area contributed by atoms with Gasteiger partial charge in [0.05, 0.1) is 23.7 Å². The topological polar surface area (TPSA) is 58.0 Å². The van der Waals surface area contributed by atoms with Crippen LogP contribution in [0.2, 0.25) is 0 Å². The van der Waals surface area contributed by atoms with Gasteiger partial charge in [0.25, 0.3) is 0 Å². The second-order valence-corrected chi connectivity index (χ2v) is 4.56. The van der Waals surface area contributed by atoms with Gasteiger partial charge in [-0.25, -0.2) is 4.79 Å². The summed E-state index contributed by atoms with van der Waals surface area (Å²) in [5.41, 5.74) is 0.461. The maximum Gasteiger partial charge on any atom is 0.327 e. The Morgan fingerprint density at radius 1 is 1.56 bits per heavy atom. The summed E-state index contributed by atoms with van der Waals surface area (Å²) in [4.78, 5) is 15.2. The molecule has 0 atom stereocenters. The van der Waals surface area contributed by atoms with Crippen molar-refractivity contribution in [3.05, 3.63) is 38.7 Å². The molecule has 4 nitrogen and oxygen atoms in total. The van der Waals surface area contributed by atoms with E-state index in [1.807, 2.05) is 17.5 Å². The first-order valence-corrected chi connectivity index (χ1v) is 6.00. The smallest absolute Gasteiger partial charge is 0.327 e. The number of nitrogens with zero attached hydrogens (tertiary/aromatic N) is 1. The molecule has 0 saturated heterocycles. The number of hydrogen-bond donors (Lipinski definition) is 2. The lowest BCUT2D eigenvalue weighted by molar-refractivity contribution is 0.274. The average molecular weight is 254 g/mol. The molecule has 0 aromatic carbocycles. The number of aromatic amines is 1. The molecule has 2 rings (SSSR count). The third kappa shape index (κ3) is 2.13. The van der Waals surface area contributed by atoms with E-state index in [1.165, 1.54) is 15.9 Å². The van der Waals surface area contributed by atoms with Gasteiger partial charge in [-0.2, -0.15) is 0 Å². The average Bonchev–Trinajstić information content (AvgIpc) is 2.75. The molecule has 2 N–H and O–H groups in total. The van der Waals surface area contributed by atoms with Crippen molar-refractivity contribution in [3.63, 3.8) is 0 Å². The molecule has 0 amide bonds. The zero-order valence-electron chi connectivity index (χ0n) is 8.34. The van der Waals surface area contributed by atoms with Crippen LogP contribution < -0.4 is 5.69 Å². The van der Waals surface area contributed by atoms with Crippen molar-refractivity contribution >= 4 is 23.6 Å². The van der Waals surface area contributed by atoms with Gasteiger partial charge in [-0.1, -0.05) is 18.3 Å². The van der Waals surface area contributed by atoms with Crippen molar-refractivity contribution in [2.45, 2.75) is 6.54 Å². The molecule has 6 heteroatoms. The van der Waals surface area contributed by atoms with Crippen molar-refractivity contribution < 1.29 is 5.11 Å². The van der Waals surface area contributed by atoms with Crippen LogP contribution in [0.5, 0.6) is 0 Å². The summed E-state index contributed by atoms with van der Waals surface area (Å²) in [5, 5.41) is 10.9. The van der Waals surface area contributed by atoms with Gasteiger partial charge < -0.3 is 5.11 Å². The fourth-order valence-corrected chi connectivity index (χ4v) is 2.42. The van der Waals surface area contributed by atoms with Gasteiger partial charge in [-0.3, -0.25) is 9.55 Å². The van der Waals surface area contributed by atoms with Crippen LogP contribution in [-0.4, -0.2) is 21.3 Å². The number of hydrogen-bond acceptors (Lipinski definition) is 4. The van der Waals surface area contributed by atoms with E-state index >= 15 is 0 Å². The summed E-state index contributed by atoms with van der Waals surface area (Å²) >= 11 is 6.51. The second-order valence-electron chi connectivity index (χ2n) is 3.18. The van der Waals surface area contributed by atoms with Crippen molar-refractivity contribution in [3.8, 4) is 10.6 Å². The van der Waals surface area contributed by atoms with Crippen LogP contribution in [0.15, 0.2) is 28.4 Å². The van der Waals surface area contributed by atoms with E-state index in [-0.39, 0.29) is 18.8 Å². The Hall–Kier alpha value is -1.24. The molecule has 2 heterocycles. The van der Waals surface area contributed by atoms with E-state index in [9.17, 15) is 4.79 Å². The number of rotatable bonds is 3. The van der Waals surface area contributed by atoms with E-state index in [0.717, 1.165) is 10.6 Å². The highest BCUT2D eigenvalue weighted by molar-refractivity contribution is 7.71. The number of aliphatic hydroxyl groups is 1. The van der Waals surface area contributed by atoms with Crippen molar-refractivity contribution in [1.82, 2.24) is 9.55 Å². The van der Waals surface area contributed by atoms with Gasteiger partial charge in [0.15, 0.2) is 0 Å². The van der Waals surface area contributed by atoms with Gasteiger partial charge in [0, 0.05) is 0 Å². The van der Waals surface area contributed by atoms with Crippen LogP contribution in [0.1, 0.15) is 0 Å². The number of H-pyrrole nitrogens is 1. The fraction of sp³-hybridized carbons (Fsp3) is 0.200. The standard InChI is InChI=1S/C10H10N2O2S2/c13-4-3-12-7(8-2-1-5-16-8)6-9(15)11-10(12)14/h1-2,5-6,13H,3-4H2,(H,11,14,15). The highest BCUT2D eigenvalue weighted by Gasteiger charge is 2.07. The van der Waals surface area contributed by atoms with Gasteiger partial charge >= 0.3 is 5.69 Å². The third-order valence-electron chi connectivity index (χ3n) is 2.13. The Balaban J connectivity index is 2.67. The Morgan fingerprint density at radius 2 is 2.38 bits per heavy atom. The monoisotopic (exact) mass is 254 g/mol. The van der Waals surface area contributed by atoms with Crippen molar-refractivity contribution in [2.24, 2.45) is 0 Å². The molecular formula is C10H10N2O2S2. The lowest BCUT2D eigenvalue weighted by Crippen LogP contribution is -2.25. The SMILES string of the molecule is O=c1[nH]c(=S)cc(-c2cccs2)n1CCO. The summed E-state index contributed by atoms with van der Waals surface area (Å²) in [6.07, 6.45) is 0. The molecule has 0 bridgehead atoms. The van der Waals surface area contributed by atoms with Crippen LogP contribution in [0.4, 0.5) is 0 Å². The molecule has 0 aliphatic rings. The Bertz CT molecular complexity index is 584. The van der Waals surface area contributed by atoms with E-state index in [4.69, 9.17) is 17.3 Å². The van der Waals surface area contributed by atoms with Crippen molar-refractivity contribution in [1.29, 1.82) is 0 Å². The fourth-order valence-electron chi connectivity index (χ4n) is 1.47. The van der Waals surface area contributed by atoms with E-state index in [0.29, 0.717) is 4.64 Å². The summed E-state index contributed by atoms with van der Waals surface area (Å²) < 4.78 is 1.89. The van der Waals surface area contributed by atoms with Crippen LogP contribution in [0.3, 0.4) is 0 Å². The molecule has 0 fully saturated rings. The third-order valence-corrected chi connectivity index (χ3v) is 3.24. The molecule has 2 aromatic rings. The normalized spacial score (nSPS) is 10.6. The first-order chi connectivity index (χ1) is 7.72. The van der Waals surface area contributed by atoms with Crippen LogP contribution in [0.25, 0.3) is 10.6 Å². The van der Waals surface area contributed by atoms with E-state index in [1.54, 1.807) is 6.07 Å². The van der Waals surface area contributed by atoms with Gasteiger partial charge in [-0.15, -0.1) is 11.3 Å². The zero-order chi connectivity index (χ0) is 11.5. The molecule has 0 aliphatic heterocycles. The van der Waals surface area contributed by atoms with E-state index < -0.39 is 0 Å². The molecule has 0 aliphatic carbocycles. The lowest BCUT2D eigenvalue weighted by atomic mass is 10.3. The summed E-state index contributed by atoms with van der Waals surface area (Å²) in [7, 11) is 0. The second kappa shape index (κ2) is 4.73. The molecular weight excluding hydrogens is 244 g/mol. The highest BCUT2D eigenvalue weighted by Crippen LogP contribution is 2.23. The Kier molecular flexibility index (Phi) is 3.33. The molecule has 16 heavy (non-hydrogen) atoms. The van der Waals surface area contributed by atoms with E-state index in [2.05, 4.69) is 4.98 Å². The molecule has 84 valence electrons. The highest BCUT2D eigenvalue weighted by atomic mass is 32.1. The summed E-state index contributed by atoms with van der Waals surface area (Å²) in [6.45, 7) is 0.182. The number of aromatic nitrogens is 2. The maximum absolute atomic E-state index is 11.7. The predicted octanol–water partition coefficient (Wildman–Crippen LogP) is 1.63. The van der Waals surface area contributed by atoms with Crippen LogP contribution in [-0.2, 0) is 6.54 Å². The van der Waals surface area contributed by atoms with Gasteiger partial charge in [-0.05, 0) is 17.5 Å². The number of aliphatic hydroxyl groups excluding tert-OH is 1.